The molecule has 2 aromatic carbocycles. The molecule has 2 aromatic rings. The Kier molecular flexibility index (Phi) is 3.50. The molecule has 0 aliphatic carbocycles. The van der Waals surface area contributed by atoms with Crippen molar-refractivity contribution >= 4 is 5.91 Å². The second-order valence-electron chi connectivity index (χ2n) is 5.07. The fraction of sp³-hybridized carbons (Fsp3) is 0.235. The molecule has 20 heavy (non-hydrogen) atoms. The third-order valence-electron chi connectivity index (χ3n) is 3.79. The van der Waals surface area contributed by atoms with Gasteiger partial charge in [-0.25, -0.2) is 4.39 Å². The molecule has 0 aromatic heterocycles. The van der Waals surface area contributed by atoms with Crippen LogP contribution in [0.2, 0.25) is 0 Å². The smallest absolute Gasteiger partial charge is 0.254 e. The fourth-order valence-electron chi connectivity index (χ4n) is 2.79. The summed E-state index contributed by atoms with van der Waals surface area (Å²) in [6.45, 7) is 0.760. The molecule has 0 radical (unpaired) electrons. The average Bonchev–Trinajstić information content (AvgIpc) is 2.97. The monoisotopic (exact) mass is 269 g/mol. The Hall–Kier alpha value is -2.16. The molecule has 3 heteroatoms. The van der Waals surface area contributed by atoms with Crippen LogP contribution >= 0.6 is 0 Å². The van der Waals surface area contributed by atoms with E-state index in [-0.39, 0.29) is 17.8 Å². The van der Waals surface area contributed by atoms with Crippen LogP contribution in [0.1, 0.15) is 34.8 Å². The minimum Gasteiger partial charge on any atom is -0.332 e. The summed E-state index contributed by atoms with van der Waals surface area (Å²) in [6, 6.07) is 16.0. The summed E-state index contributed by atoms with van der Waals surface area (Å²) in [4.78, 5) is 14.4. The summed E-state index contributed by atoms with van der Waals surface area (Å²) >= 11 is 0. The summed E-state index contributed by atoms with van der Waals surface area (Å²) in [5.41, 5.74) is 1.72. The number of carbonyl (C=O) groups excluding carboxylic acids is 1. The SMILES string of the molecule is O=C(c1ccc(F)cc1)N1CCCC1c1ccccc1. The van der Waals surface area contributed by atoms with Crippen LogP contribution in [0.15, 0.2) is 54.6 Å². The first kappa shape index (κ1) is 12.9. The van der Waals surface area contributed by atoms with Crippen LogP contribution in [0.5, 0.6) is 0 Å². The highest BCUT2D eigenvalue weighted by Gasteiger charge is 2.30. The topological polar surface area (TPSA) is 20.3 Å². The normalized spacial score (nSPS) is 18.2. The summed E-state index contributed by atoms with van der Waals surface area (Å²) in [7, 11) is 0. The van der Waals surface area contributed by atoms with Gasteiger partial charge in [-0.05, 0) is 42.7 Å². The largest absolute Gasteiger partial charge is 0.332 e. The number of likely N-dealkylation sites (tertiary alicyclic amines) is 1. The molecule has 1 atom stereocenters. The van der Waals surface area contributed by atoms with Crippen molar-refractivity contribution in [2.24, 2.45) is 0 Å². The first-order valence-corrected chi connectivity index (χ1v) is 6.87. The van der Waals surface area contributed by atoms with Crippen molar-refractivity contribution in [2.45, 2.75) is 18.9 Å². The van der Waals surface area contributed by atoms with Crippen molar-refractivity contribution in [3.05, 3.63) is 71.5 Å². The van der Waals surface area contributed by atoms with Gasteiger partial charge in [-0.2, -0.15) is 0 Å². The molecule has 1 amide bonds. The highest BCUT2D eigenvalue weighted by atomic mass is 19.1. The summed E-state index contributed by atoms with van der Waals surface area (Å²) in [5.74, 6) is -0.334. The number of hydrogen-bond acceptors (Lipinski definition) is 1. The second kappa shape index (κ2) is 5.45. The maximum absolute atomic E-state index is 12.9. The van der Waals surface area contributed by atoms with E-state index in [0.717, 1.165) is 19.4 Å². The summed E-state index contributed by atoms with van der Waals surface area (Å²) in [6.07, 6.45) is 1.99. The van der Waals surface area contributed by atoms with Crippen molar-refractivity contribution in [1.82, 2.24) is 4.90 Å². The maximum Gasteiger partial charge on any atom is 0.254 e. The number of halogens is 1. The van der Waals surface area contributed by atoms with Gasteiger partial charge in [0.25, 0.3) is 5.91 Å². The molecule has 0 spiro atoms. The number of carbonyl (C=O) groups is 1. The maximum atomic E-state index is 12.9. The highest BCUT2D eigenvalue weighted by molar-refractivity contribution is 5.94. The first-order valence-electron chi connectivity index (χ1n) is 6.87. The molecule has 3 rings (SSSR count). The van der Waals surface area contributed by atoms with E-state index in [1.807, 2.05) is 23.1 Å². The van der Waals surface area contributed by atoms with Crippen LogP contribution in [-0.4, -0.2) is 17.4 Å². The third kappa shape index (κ3) is 2.44. The van der Waals surface area contributed by atoms with Crippen molar-refractivity contribution in [2.75, 3.05) is 6.54 Å². The molecule has 102 valence electrons. The Morgan fingerprint density at radius 2 is 1.75 bits per heavy atom. The lowest BCUT2D eigenvalue weighted by atomic mass is 10.0. The average molecular weight is 269 g/mol. The molecule has 1 unspecified atom stereocenters. The molecular formula is C17H16FNO. The Bertz CT molecular complexity index is 594. The number of benzene rings is 2. The number of rotatable bonds is 2. The molecule has 1 aliphatic heterocycles. The van der Waals surface area contributed by atoms with Crippen molar-refractivity contribution in [1.29, 1.82) is 0 Å². The zero-order valence-electron chi connectivity index (χ0n) is 11.1. The molecule has 1 saturated heterocycles. The predicted molar refractivity (Wildman–Crippen MR) is 75.9 cm³/mol. The zero-order chi connectivity index (χ0) is 13.9. The highest BCUT2D eigenvalue weighted by Crippen LogP contribution is 2.32. The summed E-state index contributed by atoms with van der Waals surface area (Å²) in [5, 5.41) is 0. The first-order chi connectivity index (χ1) is 9.75. The molecule has 1 heterocycles. The Labute approximate surface area is 117 Å². The van der Waals surface area contributed by atoms with E-state index < -0.39 is 0 Å². The Balaban J connectivity index is 1.85. The minimum atomic E-state index is -0.317. The van der Waals surface area contributed by atoms with Gasteiger partial charge in [0.1, 0.15) is 5.82 Å². The van der Waals surface area contributed by atoms with Gasteiger partial charge in [-0.1, -0.05) is 30.3 Å². The summed E-state index contributed by atoms with van der Waals surface area (Å²) < 4.78 is 12.9. The van der Waals surface area contributed by atoms with Gasteiger partial charge in [-0.3, -0.25) is 4.79 Å². The van der Waals surface area contributed by atoms with Crippen LogP contribution in [0, 0.1) is 5.82 Å². The second-order valence-corrected chi connectivity index (χ2v) is 5.07. The molecule has 0 saturated carbocycles. The van der Waals surface area contributed by atoms with Gasteiger partial charge >= 0.3 is 0 Å². The molecule has 0 bridgehead atoms. The van der Waals surface area contributed by atoms with E-state index >= 15 is 0 Å². The Morgan fingerprint density at radius 3 is 2.45 bits per heavy atom. The van der Waals surface area contributed by atoms with Gasteiger partial charge in [0.05, 0.1) is 6.04 Å². The number of nitrogens with zero attached hydrogens (tertiary/aromatic N) is 1. The van der Waals surface area contributed by atoms with Gasteiger partial charge in [-0.15, -0.1) is 0 Å². The molecule has 0 N–H and O–H groups in total. The van der Waals surface area contributed by atoms with Crippen molar-refractivity contribution in [3.8, 4) is 0 Å². The van der Waals surface area contributed by atoms with Gasteiger partial charge < -0.3 is 4.90 Å². The molecule has 1 fully saturated rings. The van der Waals surface area contributed by atoms with E-state index in [1.54, 1.807) is 12.1 Å². The lowest BCUT2D eigenvalue weighted by molar-refractivity contribution is 0.0735. The number of hydrogen-bond donors (Lipinski definition) is 0. The van der Waals surface area contributed by atoms with E-state index in [9.17, 15) is 9.18 Å². The van der Waals surface area contributed by atoms with Crippen LogP contribution in [0.25, 0.3) is 0 Å². The standard InChI is InChI=1S/C17H16FNO/c18-15-10-8-14(9-11-15)17(20)19-12-4-7-16(19)13-5-2-1-3-6-13/h1-3,5-6,8-11,16H,4,7,12H2. The van der Waals surface area contributed by atoms with E-state index in [1.165, 1.54) is 17.7 Å². The zero-order valence-corrected chi connectivity index (χ0v) is 11.1. The van der Waals surface area contributed by atoms with Gasteiger partial charge in [0.2, 0.25) is 0 Å². The van der Waals surface area contributed by atoms with Crippen LogP contribution in [0.3, 0.4) is 0 Å². The lowest BCUT2D eigenvalue weighted by Gasteiger charge is -2.25. The predicted octanol–water partition coefficient (Wildman–Crippen LogP) is 3.80. The van der Waals surface area contributed by atoms with Gasteiger partial charge in [0.15, 0.2) is 0 Å². The van der Waals surface area contributed by atoms with Crippen LogP contribution in [0.4, 0.5) is 4.39 Å². The van der Waals surface area contributed by atoms with E-state index in [0.29, 0.717) is 5.56 Å². The van der Waals surface area contributed by atoms with Crippen LogP contribution < -0.4 is 0 Å². The third-order valence-corrected chi connectivity index (χ3v) is 3.79. The number of amides is 1. The quantitative estimate of drug-likeness (QED) is 0.812. The molecule has 2 nitrogen and oxygen atoms in total. The molecular weight excluding hydrogens is 253 g/mol. The van der Waals surface area contributed by atoms with Crippen molar-refractivity contribution in [3.63, 3.8) is 0 Å². The van der Waals surface area contributed by atoms with E-state index in [4.69, 9.17) is 0 Å². The fourth-order valence-corrected chi connectivity index (χ4v) is 2.79. The minimum absolute atomic E-state index is 0.0173. The lowest BCUT2D eigenvalue weighted by Crippen LogP contribution is -2.30. The van der Waals surface area contributed by atoms with Crippen molar-refractivity contribution < 1.29 is 9.18 Å². The van der Waals surface area contributed by atoms with Crippen LogP contribution in [-0.2, 0) is 0 Å². The van der Waals surface area contributed by atoms with E-state index in [2.05, 4.69) is 12.1 Å². The molecule has 1 aliphatic rings. The van der Waals surface area contributed by atoms with Gasteiger partial charge in [0, 0.05) is 12.1 Å². The Morgan fingerprint density at radius 1 is 1.05 bits per heavy atom.